The summed E-state index contributed by atoms with van der Waals surface area (Å²) in [6.07, 6.45) is 0.906. The molecule has 2 bridgehead atoms. The van der Waals surface area contributed by atoms with Crippen molar-refractivity contribution < 1.29 is 8.42 Å². The summed E-state index contributed by atoms with van der Waals surface area (Å²) < 4.78 is 28.7. The number of benzene rings is 1. The minimum atomic E-state index is -3.44. The molecule has 3 heterocycles. The molecule has 2 aromatic rings. The van der Waals surface area contributed by atoms with E-state index in [1.807, 2.05) is 18.2 Å². The predicted molar refractivity (Wildman–Crippen MR) is 105 cm³/mol. The maximum Gasteiger partial charge on any atom is 0.243 e. The molecule has 1 aromatic carbocycles. The Morgan fingerprint density at radius 3 is 2.69 bits per heavy atom. The zero-order chi connectivity index (χ0) is 18.1. The van der Waals surface area contributed by atoms with Crippen molar-refractivity contribution in [1.82, 2.24) is 14.5 Å². The van der Waals surface area contributed by atoms with E-state index in [2.05, 4.69) is 10.2 Å². The van der Waals surface area contributed by atoms with Gasteiger partial charge in [-0.3, -0.25) is 4.90 Å². The molecule has 2 aliphatic heterocycles. The summed E-state index contributed by atoms with van der Waals surface area (Å²) in [5.74, 6) is 0. The van der Waals surface area contributed by atoms with Gasteiger partial charge in [-0.2, -0.15) is 4.31 Å². The van der Waals surface area contributed by atoms with Crippen LogP contribution in [0.1, 0.15) is 11.3 Å². The number of hydrogen-bond donors (Lipinski definition) is 1. The van der Waals surface area contributed by atoms with E-state index in [1.54, 1.807) is 39.9 Å². The second-order valence-electron chi connectivity index (χ2n) is 6.82. The molecule has 4 rings (SSSR count). The third kappa shape index (κ3) is 3.69. The highest BCUT2D eigenvalue weighted by molar-refractivity contribution is 7.89. The van der Waals surface area contributed by atoms with Gasteiger partial charge in [0.2, 0.25) is 10.0 Å². The van der Waals surface area contributed by atoms with E-state index in [0.29, 0.717) is 11.4 Å². The lowest BCUT2D eigenvalue weighted by Crippen LogP contribution is -2.57. The van der Waals surface area contributed by atoms with Gasteiger partial charge in [0.1, 0.15) is 0 Å². The van der Waals surface area contributed by atoms with E-state index in [4.69, 9.17) is 11.6 Å². The molecule has 0 saturated carbocycles. The second-order valence-corrected chi connectivity index (χ2v) is 10.5. The molecule has 0 amide bonds. The highest BCUT2D eigenvalue weighted by Gasteiger charge is 2.43. The highest BCUT2D eigenvalue weighted by Crippen LogP contribution is 2.30. The third-order valence-electron chi connectivity index (χ3n) is 5.17. The van der Waals surface area contributed by atoms with Crippen LogP contribution in [0.5, 0.6) is 0 Å². The molecule has 5 nitrogen and oxygen atoms in total. The van der Waals surface area contributed by atoms with Crippen LogP contribution in [0.15, 0.2) is 47.4 Å². The molecule has 2 fully saturated rings. The van der Waals surface area contributed by atoms with Crippen molar-refractivity contribution in [3.8, 4) is 0 Å². The molecule has 0 aliphatic carbocycles. The first kappa shape index (κ1) is 18.4. The van der Waals surface area contributed by atoms with Crippen LogP contribution in [0.25, 0.3) is 0 Å². The fraction of sp³-hybridized carbons (Fsp3) is 0.444. The van der Waals surface area contributed by atoms with Crippen molar-refractivity contribution in [2.75, 3.05) is 26.2 Å². The Labute approximate surface area is 163 Å². The van der Waals surface area contributed by atoms with Gasteiger partial charge in [0.25, 0.3) is 0 Å². The minimum absolute atomic E-state index is 0.0903. The summed E-state index contributed by atoms with van der Waals surface area (Å²) in [6, 6.07) is 13.0. The van der Waals surface area contributed by atoms with E-state index >= 15 is 0 Å². The van der Waals surface area contributed by atoms with Crippen LogP contribution in [-0.4, -0.2) is 55.9 Å². The SMILES string of the molecule is O=S(=O)(c1ccccc1)N1C[C@@H](CNCc2ccc(Cl)s2)N2CC[C@H]1C2. The molecule has 2 aliphatic rings. The lowest BCUT2D eigenvalue weighted by Gasteiger charge is -2.39. The summed E-state index contributed by atoms with van der Waals surface area (Å²) in [5, 5.41) is 3.47. The average molecular weight is 412 g/mol. The van der Waals surface area contributed by atoms with Crippen molar-refractivity contribution in [1.29, 1.82) is 0 Å². The zero-order valence-corrected chi connectivity index (χ0v) is 16.7. The molecule has 3 atom stereocenters. The van der Waals surface area contributed by atoms with E-state index in [1.165, 1.54) is 4.88 Å². The maximum absolute atomic E-state index is 13.1. The van der Waals surface area contributed by atoms with Gasteiger partial charge in [0, 0.05) is 49.7 Å². The van der Waals surface area contributed by atoms with Gasteiger partial charge in [0.05, 0.1) is 9.23 Å². The van der Waals surface area contributed by atoms with Gasteiger partial charge in [-0.1, -0.05) is 29.8 Å². The number of hydrogen-bond acceptors (Lipinski definition) is 5. The third-order valence-corrected chi connectivity index (χ3v) is 8.33. The molecule has 2 saturated heterocycles. The van der Waals surface area contributed by atoms with Crippen LogP contribution in [0.2, 0.25) is 4.34 Å². The van der Waals surface area contributed by atoms with Gasteiger partial charge in [-0.15, -0.1) is 11.3 Å². The molecule has 0 spiro atoms. The predicted octanol–water partition coefficient (Wildman–Crippen LogP) is 2.64. The number of piperazine rings is 1. The van der Waals surface area contributed by atoms with E-state index in [9.17, 15) is 8.42 Å². The Hall–Kier alpha value is -0.960. The van der Waals surface area contributed by atoms with E-state index in [0.717, 1.165) is 36.9 Å². The number of rotatable bonds is 6. The van der Waals surface area contributed by atoms with Gasteiger partial charge in [0.15, 0.2) is 0 Å². The van der Waals surface area contributed by atoms with Gasteiger partial charge < -0.3 is 5.32 Å². The Balaban J connectivity index is 1.44. The van der Waals surface area contributed by atoms with Gasteiger partial charge >= 0.3 is 0 Å². The Kier molecular flexibility index (Phi) is 5.36. The highest BCUT2D eigenvalue weighted by atomic mass is 35.5. The monoisotopic (exact) mass is 411 g/mol. The number of thiophene rings is 1. The first-order valence-corrected chi connectivity index (χ1v) is 11.4. The largest absolute Gasteiger partial charge is 0.310 e. The van der Waals surface area contributed by atoms with Crippen molar-refractivity contribution in [3.63, 3.8) is 0 Å². The Bertz CT molecular complexity index is 856. The normalized spacial score (nSPS) is 26.3. The fourth-order valence-electron chi connectivity index (χ4n) is 3.83. The van der Waals surface area contributed by atoms with Crippen LogP contribution in [0.3, 0.4) is 0 Å². The number of fused-ring (bicyclic) bond motifs is 2. The molecule has 1 aromatic heterocycles. The van der Waals surface area contributed by atoms with Crippen molar-refractivity contribution in [2.24, 2.45) is 0 Å². The average Bonchev–Trinajstić information content (AvgIpc) is 3.24. The van der Waals surface area contributed by atoms with Crippen LogP contribution in [0.4, 0.5) is 0 Å². The number of nitrogens with one attached hydrogen (secondary N) is 1. The fourth-order valence-corrected chi connectivity index (χ4v) is 6.59. The molecule has 0 radical (unpaired) electrons. The molecular weight excluding hydrogens is 390 g/mol. The lowest BCUT2D eigenvalue weighted by molar-refractivity contribution is 0.141. The van der Waals surface area contributed by atoms with Crippen LogP contribution in [0, 0.1) is 0 Å². The molecule has 140 valence electrons. The minimum Gasteiger partial charge on any atom is -0.310 e. The summed E-state index contributed by atoms with van der Waals surface area (Å²) in [7, 11) is -3.44. The van der Waals surface area contributed by atoms with Crippen molar-refractivity contribution in [3.05, 3.63) is 51.7 Å². The topological polar surface area (TPSA) is 52.7 Å². The first-order chi connectivity index (χ1) is 12.5. The Morgan fingerprint density at radius 2 is 1.96 bits per heavy atom. The molecule has 1 unspecified atom stereocenters. The number of halogens is 1. The summed E-state index contributed by atoms with van der Waals surface area (Å²) >= 11 is 7.55. The van der Waals surface area contributed by atoms with Crippen LogP contribution in [-0.2, 0) is 16.6 Å². The first-order valence-electron chi connectivity index (χ1n) is 8.80. The molecular formula is C18H22ClN3O2S2. The summed E-state index contributed by atoms with van der Waals surface area (Å²) in [4.78, 5) is 4.00. The van der Waals surface area contributed by atoms with Crippen molar-refractivity contribution in [2.45, 2.75) is 29.9 Å². The molecule has 26 heavy (non-hydrogen) atoms. The van der Waals surface area contributed by atoms with Gasteiger partial charge in [-0.05, 0) is 30.7 Å². The van der Waals surface area contributed by atoms with Gasteiger partial charge in [-0.25, -0.2) is 8.42 Å². The second kappa shape index (κ2) is 7.58. The van der Waals surface area contributed by atoms with Crippen molar-refractivity contribution >= 4 is 33.0 Å². The lowest BCUT2D eigenvalue weighted by atomic mass is 10.2. The zero-order valence-electron chi connectivity index (χ0n) is 14.3. The maximum atomic E-state index is 13.1. The molecule has 1 N–H and O–H groups in total. The van der Waals surface area contributed by atoms with E-state index < -0.39 is 10.0 Å². The van der Waals surface area contributed by atoms with E-state index in [-0.39, 0.29) is 12.1 Å². The standard InChI is InChI=1S/C18H22ClN3O2S2/c19-18-7-6-16(25-18)11-20-10-15-13-22(14-8-9-21(15)12-14)26(23,24)17-4-2-1-3-5-17/h1-7,14-15,20H,8-13H2/t14-,15+/m0/s1. The smallest absolute Gasteiger partial charge is 0.243 e. The number of sulfonamides is 1. The van der Waals surface area contributed by atoms with Crippen LogP contribution < -0.4 is 5.32 Å². The summed E-state index contributed by atoms with van der Waals surface area (Å²) in [6.45, 7) is 3.85. The number of nitrogens with zero attached hydrogens (tertiary/aromatic N) is 2. The molecule has 8 heteroatoms. The van der Waals surface area contributed by atoms with Crippen LogP contribution >= 0.6 is 22.9 Å². The quantitative estimate of drug-likeness (QED) is 0.793. The summed E-state index contributed by atoms with van der Waals surface area (Å²) in [5.41, 5.74) is 0. The Morgan fingerprint density at radius 1 is 1.15 bits per heavy atom.